The number of benzene rings is 2. The highest BCUT2D eigenvalue weighted by molar-refractivity contribution is 5.87. The second-order valence-corrected chi connectivity index (χ2v) is 5.20. The lowest BCUT2D eigenvalue weighted by molar-refractivity contribution is 0.0690. The number of carbonyl (C=O) groups is 1. The Kier molecular flexibility index (Phi) is 3.85. The fourth-order valence-corrected chi connectivity index (χ4v) is 2.43. The molecule has 0 aliphatic rings. The van der Waals surface area contributed by atoms with Crippen molar-refractivity contribution in [1.82, 2.24) is 9.78 Å². The van der Waals surface area contributed by atoms with E-state index in [2.05, 4.69) is 5.10 Å². The first kappa shape index (κ1) is 14.8. The van der Waals surface area contributed by atoms with Gasteiger partial charge in [-0.25, -0.2) is 9.48 Å². The maximum atomic E-state index is 11.3. The normalized spacial score (nSPS) is 10.5. The molecule has 0 saturated heterocycles. The number of hydrogen-bond acceptors (Lipinski definition) is 3. The van der Waals surface area contributed by atoms with Gasteiger partial charge in [0.15, 0.2) is 5.69 Å². The van der Waals surface area contributed by atoms with Gasteiger partial charge in [-0.15, -0.1) is 0 Å². The monoisotopic (exact) mass is 308 g/mol. The van der Waals surface area contributed by atoms with E-state index in [1.54, 1.807) is 17.9 Å². The average molecular weight is 308 g/mol. The van der Waals surface area contributed by atoms with E-state index in [1.165, 1.54) is 0 Å². The van der Waals surface area contributed by atoms with Crippen molar-refractivity contribution in [3.63, 3.8) is 0 Å². The summed E-state index contributed by atoms with van der Waals surface area (Å²) in [5, 5.41) is 13.5. The van der Waals surface area contributed by atoms with Crippen LogP contribution in [0, 0.1) is 6.92 Å². The van der Waals surface area contributed by atoms with Gasteiger partial charge in [0.2, 0.25) is 0 Å². The SMILES string of the molecule is COc1cccc(-c2cc(C(=O)O)nn2-c2cccc(C)c2)c1. The molecule has 0 atom stereocenters. The summed E-state index contributed by atoms with van der Waals surface area (Å²) in [5.74, 6) is -0.350. The first-order valence-corrected chi connectivity index (χ1v) is 7.13. The zero-order valence-corrected chi connectivity index (χ0v) is 12.9. The number of rotatable bonds is 4. The Morgan fingerprint density at radius 3 is 2.61 bits per heavy atom. The zero-order chi connectivity index (χ0) is 16.4. The number of methoxy groups -OCH3 is 1. The van der Waals surface area contributed by atoms with Gasteiger partial charge in [0.05, 0.1) is 18.5 Å². The molecule has 1 heterocycles. The number of aromatic carboxylic acids is 1. The molecule has 0 unspecified atom stereocenters. The van der Waals surface area contributed by atoms with E-state index >= 15 is 0 Å². The van der Waals surface area contributed by atoms with Crippen molar-refractivity contribution >= 4 is 5.97 Å². The molecule has 3 rings (SSSR count). The van der Waals surface area contributed by atoms with Crippen molar-refractivity contribution in [3.8, 4) is 22.7 Å². The predicted molar refractivity (Wildman–Crippen MR) is 87.2 cm³/mol. The summed E-state index contributed by atoms with van der Waals surface area (Å²) in [4.78, 5) is 11.3. The second-order valence-electron chi connectivity index (χ2n) is 5.20. The van der Waals surface area contributed by atoms with E-state index in [0.29, 0.717) is 11.4 Å². The molecule has 1 aromatic heterocycles. The third-order valence-corrected chi connectivity index (χ3v) is 3.54. The van der Waals surface area contributed by atoms with E-state index in [0.717, 1.165) is 16.8 Å². The Balaban J connectivity index is 2.20. The van der Waals surface area contributed by atoms with E-state index < -0.39 is 5.97 Å². The van der Waals surface area contributed by atoms with Crippen LogP contribution in [0.2, 0.25) is 0 Å². The third-order valence-electron chi connectivity index (χ3n) is 3.54. The summed E-state index contributed by atoms with van der Waals surface area (Å²) in [6.45, 7) is 1.98. The number of aromatic nitrogens is 2. The molecule has 3 aromatic rings. The summed E-state index contributed by atoms with van der Waals surface area (Å²) in [6, 6.07) is 16.8. The van der Waals surface area contributed by atoms with Crippen LogP contribution in [0.15, 0.2) is 54.6 Å². The maximum absolute atomic E-state index is 11.3. The Morgan fingerprint density at radius 1 is 1.13 bits per heavy atom. The van der Waals surface area contributed by atoms with Gasteiger partial charge >= 0.3 is 5.97 Å². The molecular formula is C18H16N2O3. The van der Waals surface area contributed by atoms with Gasteiger partial charge in [-0.05, 0) is 42.8 Å². The van der Waals surface area contributed by atoms with E-state index in [1.807, 2.05) is 55.5 Å². The van der Waals surface area contributed by atoms with Gasteiger partial charge < -0.3 is 9.84 Å². The number of carboxylic acids is 1. The summed E-state index contributed by atoms with van der Waals surface area (Å²) in [5.41, 5.74) is 3.43. The third kappa shape index (κ3) is 2.94. The fourth-order valence-electron chi connectivity index (χ4n) is 2.43. The molecule has 116 valence electrons. The number of carboxylic acid groups (broad SMARTS) is 1. The first-order valence-electron chi connectivity index (χ1n) is 7.13. The molecule has 0 amide bonds. The van der Waals surface area contributed by atoms with Gasteiger partial charge in [-0.2, -0.15) is 5.10 Å². The van der Waals surface area contributed by atoms with Crippen LogP contribution >= 0.6 is 0 Å². The summed E-state index contributed by atoms with van der Waals surface area (Å²) >= 11 is 0. The zero-order valence-electron chi connectivity index (χ0n) is 12.9. The van der Waals surface area contributed by atoms with Gasteiger partial charge in [0, 0.05) is 5.56 Å². The molecule has 0 radical (unpaired) electrons. The van der Waals surface area contributed by atoms with Crippen molar-refractivity contribution in [2.75, 3.05) is 7.11 Å². The predicted octanol–water partition coefficient (Wildman–Crippen LogP) is 3.55. The van der Waals surface area contributed by atoms with Crippen LogP contribution in [-0.4, -0.2) is 28.0 Å². The topological polar surface area (TPSA) is 64.3 Å². The number of aryl methyl sites for hydroxylation is 1. The van der Waals surface area contributed by atoms with Gasteiger partial charge in [0.1, 0.15) is 5.75 Å². The van der Waals surface area contributed by atoms with E-state index in [4.69, 9.17) is 4.74 Å². The largest absolute Gasteiger partial charge is 0.497 e. The molecular weight excluding hydrogens is 292 g/mol. The average Bonchev–Trinajstić information content (AvgIpc) is 3.00. The quantitative estimate of drug-likeness (QED) is 0.800. The maximum Gasteiger partial charge on any atom is 0.356 e. The Bertz CT molecular complexity index is 868. The van der Waals surface area contributed by atoms with Crippen molar-refractivity contribution < 1.29 is 14.6 Å². The van der Waals surface area contributed by atoms with Crippen LogP contribution in [0.5, 0.6) is 5.75 Å². The molecule has 0 aliphatic heterocycles. The molecule has 5 heteroatoms. The number of ether oxygens (including phenoxy) is 1. The lowest BCUT2D eigenvalue weighted by atomic mass is 10.1. The van der Waals surface area contributed by atoms with Crippen molar-refractivity contribution in [2.45, 2.75) is 6.92 Å². The van der Waals surface area contributed by atoms with Crippen LogP contribution in [0.3, 0.4) is 0 Å². The summed E-state index contributed by atoms with van der Waals surface area (Å²) < 4.78 is 6.89. The molecule has 1 N–H and O–H groups in total. The molecule has 0 bridgehead atoms. The standard InChI is InChI=1S/C18H16N2O3/c1-12-5-3-7-14(9-12)20-17(11-16(19-20)18(21)22)13-6-4-8-15(10-13)23-2/h3-11H,1-2H3,(H,21,22). The summed E-state index contributed by atoms with van der Waals surface area (Å²) in [6.07, 6.45) is 0. The molecule has 0 saturated carbocycles. The molecule has 23 heavy (non-hydrogen) atoms. The molecule has 5 nitrogen and oxygen atoms in total. The van der Waals surface area contributed by atoms with Gasteiger partial charge in [-0.1, -0.05) is 24.3 Å². The van der Waals surface area contributed by atoms with Crippen LogP contribution in [0.4, 0.5) is 0 Å². The van der Waals surface area contributed by atoms with Crippen LogP contribution in [0.25, 0.3) is 16.9 Å². The van der Waals surface area contributed by atoms with Crippen molar-refractivity contribution in [3.05, 3.63) is 65.9 Å². The van der Waals surface area contributed by atoms with E-state index in [9.17, 15) is 9.90 Å². The smallest absolute Gasteiger partial charge is 0.356 e. The minimum atomic E-state index is -1.06. The Labute approximate surface area is 133 Å². The van der Waals surface area contributed by atoms with Gasteiger partial charge in [0.25, 0.3) is 0 Å². The van der Waals surface area contributed by atoms with Crippen LogP contribution < -0.4 is 4.74 Å². The second kappa shape index (κ2) is 5.96. The first-order chi connectivity index (χ1) is 11.1. The minimum Gasteiger partial charge on any atom is -0.497 e. The number of hydrogen-bond donors (Lipinski definition) is 1. The highest BCUT2D eigenvalue weighted by atomic mass is 16.5. The Hall–Kier alpha value is -3.08. The van der Waals surface area contributed by atoms with E-state index in [-0.39, 0.29) is 5.69 Å². The van der Waals surface area contributed by atoms with Crippen molar-refractivity contribution in [1.29, 1.82) is 0 Å². The fraction of sp³-hybridized carbons (Fsp3) is 0.111. The molecule has 0 spiro atoms. The van der Waals surface area contributed by atoms with Crippen LogP contribution in [-0.2, 0) is 0 Å². The van der Waals surface area contributed by atoms with Crippen LogP contribution in [0.1, 0.15) is 16.1 Å². The highest BCUT2D eigenvalue weighted by Gasteiger charge is 2.16. The Morgan fingerprint density at radius 2 is 1.91 bits per heavy atom. The van der Waals surface area contributed by atoms with Crippen molar-refractivity contribution in [2.24, 2.45) is 0 Å². The molecule has 0 fully saturated rings. The lowest BCUT2D eigenvalue weighted by Crippen LogP contribution is -2.02. The molecule has 2 aromatic carbocycles. The lowest BCUT2D eigenvalue weighted by Gasteiger charge is -2.09. The van der Waals surface area contributed by atoms with Gasteiger partial charge in [-0.3, -0.25) is 0 Å². The highest BCUT2D eigenvalue weighted by Crippen LogP contribution is 2.27. The number of nitrogens with zero attached hydrogens (tertiary/aromatic N) is 2. The molecule has 0 aliphatic carbocycles. The minimum absolute atomic E-state index is 0.00401. The summed E-state index contributed by atoms with van der Waals surface area (Å²) in [7, 11) is 1.60.